The summed E-state index contributed by atoms with van der Waals surface area (Å²) in [7, 11) is 0. The second kappa shape index (κ2) is 6.31. The number of halogens is 1. The molecule has 0 bridgehead atoms. The molecule has 0 aliphatic carbocycles. The summed E-state index contributed by atoms with van der Waals surface area (Å²) in [5.41, 5.74) is 7.57. The van der Waals surface area contributed by atoms with Crippen molar-refractivity contribution in [2.24, 2.45) is 5.73 Å². The SMILES string of the molecule is Cc1nc(CSc2ccc(Br)cc2)ncc1CN. The maximum Gasteiger partial charge on any atom is 0.138 e. The number of thioether (sulfide) groups is 1. The van der Waals surface area contributed by atoms with Crippen LogP contribution in [0.15, 0.2) is 39.8 Å². The Balaban J connectivity index is 2.02. The molecule has 1 heterocycles. The summed E-state index contributed by atoms with van der Waals surface area (Å²) in [4.78, 5) is 9.99. The lowest BCUT2D eigenvalue weighted by molar-refractivity contribution is 0.923. The van der Waals surface area contributed by atoms with Gasteiger partial charge in [0.05, 0.1) is 5.75 Å². The third-order valence-electron chi connectivity index (χ3n) is 2.53. The molecule has 2 aromatic rings. The minimum Gasteiger partial charge on any atom is -0.326 e. The number of nitrogens with zero attached hydrogens (tertiary/aromatic N) is 2. The van der Waals surface area contributed by atoms with Gasteiger partial charge >= 0.3 is 0 Å². The summed E-state index contributed by atoms with van der Waals surface area (Å²) in [6, 6.07) is 8.23. The second-order valence-corrected chi connectivity index (χ2v) is 5.81. The van der Waals surface area contributed by atoms with Crippen LogP contribution in [-0.4, -0.2) is 9.97 Å². The molecule has 0 radical (unpaired) electrons. The largest absolute Gasteiger partial charge is 0.326 e. The van der Waals surface area contributed by atoms with E-state index in [1.54, 1.807) is 11.8 Å². The fraction of sp³-hybridized carbons (Fsp3) is 0.231. The molecule has 3 nitrogen and oxygen atoms in total. The zero-order valence-electron chi connectivity index (χ0n) is 10.1. The van der Waals surface area contributed by atoms with Gasteiger partial charge in [-0.25, -0.2) is 9.97 Å². The molecule has 0 aliphatic heterocycles. The monoisotopic (exact) mass is 323 g/mol. The van der Waals surface area contributed by atoms with Gasteiger partial charge in [0.25, 0.3) is 0 Å². The van der Waals surface area contributed by atoms with Gasteiger partial charge in [-0.3, -0.25) is 0 Å². The molecule has 2 rings (SSSR count). The van der Waals surface area contributed by atoms with Crippen molar-refractivity contribution in [3.05, 3.63) is 52.0 Å². The van der Waals surface area contributed by atoms with Crippen LogP contribution in [0.5, 0.6) is 0 Å². The molecule has 0 unspecified atom stereocenters. The lowest BCUT2D eigenvalue weighted by atomic mass is 10.2. The van der Waals surface area contributed by atoms with E-state index < -0.39 is 0 Å². The topological polar surface area (TPSA) is 51.8 Å². The van der Waals surface area contributed by atoms with E-state index in [1.165, 1.54) is 4.90 Å². The molecule has 0 atom stereocenters. The van der Waals surface area contributed by atoms with Crippen LogP contribution in [0.3, 0.4) is 0 Å². The molecule has 94 valence electrons. The minimum absolute atomic E-state index is 0.492. The van der Waals surface area contributed by atoms with Gasteiger partial charge in [-0.15, -0.1) is 11.8 Å². The van der Waals surface area contributed by atoms with E-state index in [2.05, 4.69) is 38.0 Å². The molecule has 0 saturated carbocycles. The average molecular weight is 324 g/mol. The number of aryl methyl sites for hydroxylation is 1. The van der Waals surface area contributed by atoms with E-state index >= 15 is 0 Å². The second-order valence-electron chi connectivity index (χ2n) is 3.84. The van der Waals surface area contributed by atoms with Gasteiger partial charge in [0.1, 0.15) is 5.82 Å². The zero-order chi connectivity index (χ0) is 13.0. The Kier molecular flexibility index (Phi) is 4.74. The van der Waals surface area contributed by atoms with Crippen LogP contribution in [0.1, 0.15) is 17.1 Å². The van der Waals surface area contributed by atoms with Crippen molar-refractivity contribution in [1.82, 2.24) is 9.97 Å². The zero-order valence-corrected chi connectivity index (χ0v) is 12.5. The Morgan fingerprint density at radius 3 is 2.61 bits per heavy atom. The fourth-order valence-electron chi connectivity index (χ4n) is 1.49. The van der Waals surface area contributed by atoms with E-state index in [-0.39, 0.29) is 0 Å². The Labute approximate surface area is 119 Å². The first-order chi connectivity index (χ1) is 8.69. The first kappa shape index (κ1) is 13.5. The van der Waals surface area contributed by atoms with Crippen LogP contribution in [-0.2, 0) is 12.3 Å². The van der Waals surface area contributed by atoms with Crippen molar-refractivity contribution >= 4 is 27.7 Å². The highest BCUT2D eigenvalue weighted by molar-refractivity contribution is 9.10. The molecule has 0 amide bonds. The van der Waals surface area contributed by atoms with Crippen LogP contribution < -0.4 is 5.73 Å². The third-order valence-corrected chi connectivity index (χ3v) is 4.07. The first-order valence-electron chi connectivity index (χ1n) is 5.59. The smallest absolute Gasteiger partial charge is 0.138 e. The Morgan fingerprint density at radius 2 is 2.00 bits per heavy atom. The summed E-state index contributed by atoms with van der Waals surface area (Å²) in [5.74, 6) is 1.62. The standard InChI is InChI=1S/C13H14BrN3S/c1-9-10(6-15)7-16-13(17-9)8-18-12-4-2-11(14)3-5-12/h2-5,7H,6,8,15H2,1H3. The van der Waals surface area contributed by atoms with Gasteiger partial charge in [0.2, 0.25) is 0 Å². The lowest BCUT2D eigenvalue weighted by Gasteiger charge is -2.05. The molecule has 2 N–H and O–H groups in total. The van der Waals surface area contributed by atoms with Crippen molar-refractivity contribution in [2.75, 3.05) is 0 Å². The highest BCUT2D eigenvalue weighted by atomic mass is 79.9. The number of nitrogens with two attached hydrogens (primary N) is 1. The van der Waals surface area contributed by atoms with Crippen LogP contribution in [0.4, 0.5) is 0 Å². The summed E-state index contributed by atoms with van der Waals surface area (Å²) in [6.07, 6.45) is 1.82. The summed E-state index contributed by atoms with van der Waals surface area (Å²) >= 11 is 5.15. The molecule has 0 saturated heterocycles. The Bertz CT molecular complexity index is 528. The van der Waals surface area contributed by atoms with Crippen molar-refractivity contribution < 1.29 is 0 Å². The number of hydrogen-bond acceptors (Lipinski definition) is 4. The average Bonchev–Trinajstić information content (AvgIpc) is 2.38. The highest BCUT2D eigenvalue weighted by Gasteiger charge is 2.03. The quantitative estimate of drug-likeness (QED) is 0.877. The number of aromatic nitrogens is 2. The summed E-state index contributed by atoms with van der Waals surface area (Å²) < 4.78 is 1.09. The van der Waals surface area contributed by atoms with E-state index in [0.29, 0.717) is 6.54 Å². The molecule has 5 heteroatoms. The van der Waals surface area contributed by atoms with E-state index in [1.807, 2.05) is 25.3 Å². The number of hydrogen-bond donors (Lipinski definition) is 1. The van der Waals surface area contributed by atoms with Crippen LogP contribution in [0, 0.1) is 6.92 Å². The summed E-state index contributed by atoms with van der Waals surface area (Å²) in [5, 5.41) is 0. The molecule has 0 aliphatic rings. The predicted molar refractivity (Wildman–Crippen MR) is 78.4 cm³/mol. The van der Waals surface area contributed by atoms with E-state index in [0.717, 1.165) is 27.3 Å². The normalized spacial score (nSPS) is 10.6. The van der Waals surface area contributed by atoms with Gasteiger partial charge in [-0.1, -0.05) is 15.9 Å². The number of rotatable bonds is 4. The van der Waals surface area contributed by atoms with Crippen molar-refractivity contribution in [3.8, 4) is 0 Å². The van der Waals surface area contributed by atoms with Crippen molar-refractivity contribution in [1.29, 1.82) is 0 Å². The van der Waals surface area contributed by atoms with Crippen molar-refractivity contribution in [3.63, 3.8) is 0 Å². The lowest BCUT2D eigenvalue weighted by Crippen LogP contribution is -2.04. The van der Waals surface area contributed by atoms with E-state index in [9.17, 15) is 0 Å². The Hall–Kier alpha value is -0.910. The third kappa shape index (κ3) is 3.54. The van der Waals surface area contributed by atoms with Crippen LogP contribution in [0.2, 0.25) is 0 Å². The van der Waals surface area contributed by atoms with Crippen molar-refractivity contribution in [2.45, 2.75) is 24.1 Å². The van der Waals surface area contributed by atoms with Gasteiger partial charge in [-0.05, 0) is 31.2 Å². The number of benzene rings is 1. The molecular weight excluding hydrogens is 310 g/mol. The van der Waals surface area contributed by atoms with Gasteiger partial charge in [-0.2, -0.15) is 0 Å². The maximum absolute atomic E-state index is 5.59. The van der Waals surface area contributed by atoms with E-state index in [4.69, 9.17) is 5.73 Å². The molecular formula is C13H14BrN3S. The molecule has 18 heavy (non-hydrogen) atoms. The summed E-state index contributed by atoms with van der Waals surface area (Å²) in [6.45, 7) is 2.46. The Morgan fingerprint density at radius 1 is 1.28 bits per heavy atom. The van der Waals surface area contributed by atoms with Crippen LogP contribution in [0.25, 0.3) is 0 Å². The molecule has 1 aromatic heterocycles. The van der Waals surface area contributed by atoms with Gasteiger partial charge < -0.3 is 5.73 Å². The molecule has 0 fully saturated rings. The minimum atomic E-state index is 0.492. The molecule has 1 aromatic carbocycles. The maximum atomic E-state index is 5.59. The van der Waals surface area contributed by atoms with Gasteiger partial charge in [0.15, 0.2) is 0 Å². The fourth-order valence-corrected chi connectivity index (χ4v) is 2.52. The predicted octanol–water partition coefficient (Wildman–Crippen LogP) is 3.30. The molecule has 0 spiro atoms. The van der Waals surface area contributed by atoms with Crippen LogP contribution >= 0.6 is 27.7 Å². The van der Waals surface area contributed by atoms with Gasteiger partial charge in [0, 0.05) is 33.4 Å². The first-order valence-corrected chi connectivity index (χ1v) is 7.36. The highest BCUT2D eigenvalue weighted by Crippen LogP contribution is 2.23.